The Hall–Kier alpha value is -2.45. The van der Waals surface area contributed by atoms with E-state index in [-0.39, 0.29) is 35.6 Å². The third kappa shape index (κ3) is 3.59. The van der Waals surface area contributed by atoms with Gasteiger partial charge in [-0.25, -0.2) is 0 Å². The molecule has 5 aliphatic heterocycles. The summed E-state index contributed by atoms with van der Waals surface area (Å²) in [6.07, 6.45) is 5.83. The molecule has 1 aromatic carbocycles. The Morgan fingerprint density at radius 2 is 1.77 bits per heavy atom. The molecule has 35 heavy (non-hydrogen) atoms. The van der Waals surface area contributed by atoms with Crippen LogP contribution in [0, 0.1) is 11.8 Å². The first-order valence-electron chi connectivity index (χ1n) is 13.4. The highest BCUT2D eigenvalue weighted by Crippen LogP contribution is 2.57. The van der Waals surface area contributed by atoms with E-state index in [1.807, 2.05) is 28.0 Å². The zero-order valence-corrected chi connectivity index (χ0v) is 20.4. The van der Waals surface area contributed by atoms with Crippen LogP contribution in [0.3, 0.4) is 0 Å². The van der Waals surface area contributed by atoms with Crippen molar-refractivity contribution in [3.63, 3.8) is 0 Å². The summed E-state index contributed by atoms with van der Waals surface area (Å²) in [5, 5.41) is 3.16. The van der Waals surface area contributed by atoms with Gasteiger partial charge in [0.25, 0.3) is 5.91 Å². The molecule has 2 bridgehead atoms. The maximum absolute atomic E-state index is 14.3. The number of benzene rings is 1. The van der Waals surface area contributed by atoms with Gasteiger partial charge in [-0.1, -0.05) is 18.2 Å². The molecule has 0 aliphatic carbocycles. The Morgan fingerprint density at radius 1 is 0.971 bits per heavy atom. The van der Waals surface area contributed by atoms with Gasteiger partial charge in [-0.05, 0) is 57.6 Å². The van der Waals surface area contributed by atoms with Crippen LogP contribution in [-0.2, 0) is 24.7 Å². The molecular weight excluding hydrogens is 444 g/mol. The third-order valence-electron chi connectivity index (χ3n) is 8.93. The van der Waals surface area contributed by atoms with Crippen molar-refractivity contribution in [2.24, 2.45) is 11.8 Å². The van der Waals surface area contributed by atoms with E-state index in [0.717, 1.165) is 62.7 Å². The number of nitrogens with one attached hydrogen (secondary N) is 1. The molecule has 0 radical (unpaired) electrons. The molecule has 8 heteroatoms. The fourth-order valence-electron chi connectivity index (χ4n) is 7.34. The number of hydrogen-bond donors (Lipinski definition) is 1. The first-order valence-corrected chi connectivity index (χ1v) is 13.4. The number of carbonyl (C=O) groups excluding carboxylic acids is 3. The summed E-state index contributed by atoms with van der Waals surface area (Å²) in [6, 6.07) is 8.34. The molecule has 5 aliphatic rings. The molecule has 0 aromatic heterocycles. The number of hydrogen-bond acceptors (Lipinski definition) is 5. The molecule has 3 amide bonds. The fourth-order valence-corrected chi connectivity index (χ4v) is 7.34. The Bertz CT molecular complexity index is 1010. The Morgan fingerprint density at radius 3 is 2.63 bits per heavy atom. The molecule has 5 heterocycles. The first kappa shape index (κ1) is 23.0. The van der Waals surface area contributed by atoms with E-state index in [1.165, 1.54) is 0 Å². The summed E-state index contributed by atoms with van der Waals surface area (Å²) in [6.45, 7) is 4.47. The second kappa shape index (κ2) is 9.21. The number of rotatable bonds is 1. The number of nitrogens with zero attached hydrogens (tertiary/aromatic N) is 3. The van der Waals surface area contributed by atoms with E-state index in [1.54, 1.807) is 0 Å². The lowest BCUT2D eigenvalue weighted by Gasteiger charge is -2.37. The highest BCUT2D eigenvalue weighted by molar-refractivity contribution is 6.10. The van der Waals surface area contributed by atoms with Gasteiger partial charge in [-0.2, -0.15) is 0 Å². The molecule has 3 atom stereocenters. The van der Waals surface area contributed by atoms with Crippen LogP contribution in [-0.4, -0.2) is 79.5 Å². The minimum Gasteiger partial charge on any atom is -0.381 e. The lowest BCUT2D eigenvalue weighted by molar-refractivity contribution is -0.138. The molecule has 4 fully saturated rings. The molecule has 6 rings (SSSR count). The predicted molar refractivity (Wildman–Crippen MR) is 131 cm³/mol. The number of ether oxygens (including phenoxy) is 1. The van der Waals surface area contributed by atoms with Gasteiger partial charge in [-0.15, -0.1) is 0 Å². The minimum atomic E-state index is -0.895. The lowest BCUT2D eigenvalue weighted by atomic mass is 9.78. The van der Waals surface area contributed by atoms with Crippen molar-refractivity contribution in [1.82, 2.24) is 15.1 Å². The standard InChI is InChI=1S/C27H36N4O4/c32-24-22-18-20-6-3-15-31(20)27(22)21-7-1-2-8-23(21)30(26(27)34)14-5-13-29(12-4-11-28-24)25(33)19-9-16-35-17-10-19/h1-2,7-8,19-20,22H,3-6,9-18H2,(H,28,32)/t20-,22-,27+/m0/s1. The average molecular weight is 481 g/mol. The summed E-state index contributed by atoms with van der Waals surface area (Å²) in [5.41, 5.74) is 1.03. The van der Waals surface area contributed by atoms with Gasteiger partial charge < -0.3 is 19.9 Å². The molecule has 1 spiro atoms. The number of para-hydroxylation sites is 1. The summed E-state index contributed by atoms with van der Waals surface area (Å²) in [5.74, 6) is -0.156. The summed E-state index contributed by atoms with van der Waals surface area (Å²) >= 11 is 0. The highest BCUT2D eigenvalue weighted by atomic mass is 16.5. The zero-order valence-electron chi connectivity index (χ0n) is 20.4. The van der Waals surface area contributed by atoms with Crippen LogP contribution in [0.15, 0.2) is 24.3 Å². The van der Waals surface area contributed by atoms with Gasteiger partial charge in [0, 0.05) is 62.6 Å². The van der Waals surface area contributed by atoms with Gasteiger partial charge in [0.05, 0.1) is 5.92 Å². The molecule has 0 unspecified atom stereocenters. The average Bonchev–Trinajstić information content (AvgIpc) is 3.54. The summed E-state index contributed by atoms with van der Waals surface area (Å²) in [7, 11) is 0. The molecule has 4 saturated heterocycles. The Balaban J connectivity index is 1.32. The van der Waals surface area contributed by atoms with E-state index >= 15 is 0 Å². The van der Waals surface area contributed by atoms with E-state index in [2.05, 4.69) is 16.3 Å². The van der Waals surface area contributed by atoms with Crippen molar-refractivity contribution < 1.29 is 19.1 Å². The number of amides is 3. The smallest absolute Gasteiger partial charge is 0.253 e. The summed E-state index contributed by atoms with van der Waals surface area (Å²) < 4.78 is 5.45. The maximum Gasteiger partial charge on any atom is 0.253 e. The van der Waals surface area contributed by atoms with Crippen molar-refractivity contribution in [3.8, 4) is 0 Å². The maximum atomic E-state index is 14.3. The van der Waals surface area contributed by atoms with Crippen molar-refractivity contribution in [2.75, 3.05) is 50.8 Å². The van der Waals surface area contributed by atoms with E-state index < -0.39 is 5.54 Å². The van der Waals surface area contributed by atoms with Crippen LogP contribution in [0.5, 0.6) is 0 Å². The monoisotopic (exact) mass is 480 g/mol. The second-order valence-corrected chi connectivity index (χ2v) is 10.7. The molecule has 1 N–H and O–H groups in total. The number of fused-ring (bicyclic) bond motifs is 4. The first-order chi connectivity index (χ1) is 17.1. The van der Waals surface area contributed by atoms with Crippen molar-refractivity contribution in [2.45, 2.75) is 56.5 Å². The van der Waals surface area contributed by atoms with Crippen molar-refractivity contribution in [3.05, 3.63) is 29.8 Å². The van der Waals surface area contributed by atoms with Gasteiger partial charge in [0.15, 0.2) is 0 Å². The molecule has 0 saturated carbocycles. The van der Waals surface area contributed by atoms with Crippen LogP contribution < -0.4 is 10.2 Å². The summed E-state index contributed by atoms with van der Waals surface area (Å²) in [4.78, 5) is 47.5. The third-order valence-corrected chi connectivity index (χ3v) is 8.93. The molecule has 1 aromatic rings. The van der Waals surface area contributed by atoms with Gasteiger partial charge >= 0.3 is 0 Å². The lowest BCUT2D eigenvalue weighted by Crippen LogP contribution is -2.56. The van der Waals surface area contributed by atoms with E-state index in [9.17, 15) is 14.4 Å². The normalized spacial score (nSPS) is 32.2. The number of anilines is 1. The predicted octanol–water partition coefficient (Wildman–Crippen LogP) is 1.88. The zero-order chi connectivity index (χ0) is 24.0. The van der Waals surface area contributed by atoms with Gasteiger partial charge in [-0.3, -0.25) is 19.3 Å². The Labute approximate surface area is 206 Å². The van der Waals surface area contributed by atoms with E-state index in [0.29, 0.717) is 39.4 Å². The van der Waals surface area contributed by atoms with Crippen LogP contribution in [0.25, 0.3) is 0 Å². The van der Waals surface area contributed by atoms with Crippen molar-refractivity contribution in [1.29, 1.82) is 0 Å². The van der Waals surface area contributed by atoms with Crippen LogP contribution >= 0.6 is 0 Å². The van der Waals surface area contributed by atoms with Crippen LogP contribution in [0.1, 0.15) is 50.5 Å². The molecule has 188 valence electrons. The van der Waals surface area contributed by atoms with Crippen molar-refractivity contribution >= 4 is 23.4 Å². The second-order valence-electron chi connectivity index (χ2n) is 10.7. The fraction of sp³-hybridized carbons (Fsp3) is 0.667. The van der Waals surface area contributed by atoms with Crippen LogP contribution in [0.2, 0.25) is 0 Å². The van der Waals surface area contributed by atoms with Gasteiger partial charge in [0.2, 0.25) is 11.8 Å². The minimum absolute atomic E-state index is 0.0119. The van der Waals surface area contributed by atoms with E-state index in [4.69, 9.17) is 4.74 Å². The van der Waals surface area contributed by atoms with Crippen LogP contribution in [0.4, 0.5) is 5.69 Å². The number of carbonyl (C=O) groups is 3. The quantitative estimate of drug-likeness (QED) is 0.664. The topological polar surface area (TPSA) is 82.2 Å². The highest BCUT2D eigenvalue weighted by Gasteiger charge is 2.67. The Kier molecular flexibility index (Phi) is 6.05. The largest absolute Gasteiger partial charge is 0.381 e. The van der Waals surface area contributed by atoms with Gasteiger partial charge in [0.1, 0.15) is 5.54 Å². The molecular formula is C27H36N4O4. The SMILES string of the molecule is O=C1NCCCN(C(=O)C2CCOCC2)CCCN2C(=O)[C@@]3(c4ccccc42)[C@H]1C[C@@H]1CCCN13. The molecule has 8 nitrogen and oxygen atoms in total.